The van der Waals surface area contributed by atoms with E-state index in [1.54, 1.807) is 0 Å². The number of aliphatic hydroxyl groups excluding tert-OH is 1. The first-order valence-corrected chi connectivity index (χ1v) is 3.13. The normalized spacial score (nSPS) is 13.6. The summed E-state index contributed by atoms with van der Waals surface area (Å²) in [6, 6.07) is 0. The maximum Gasteiger partial charge on any atom is 0.416 e. The zero-order chi connectivity index (χ0) is 9.12. The van der Waals surface area contributed by atoms with Gasteiger partial charge in [-0.1, -0.05) is 0 Å². The monoisotopic (exact) mass is 172 g/mol. The van der Waals surface area contributed by atoms with Crippen LogP contribution in [0.3, 0.4) is 0 Å². The molecule has 0 aromatic carbocycles. The van der Waals surface area contributed by atoms with Gasteiger partial charge in [-0.15, -0.1) is 0 Å². The summed E-state index contributed by atoms with van der Waals surface area (Å²) in [7, 11) is 0. The lowest BCUT2D eigenvalue weighted by Crippen LogP contribution is -2.42. The molecule has 0 bridgehead atoms. The van der Waals surface area contributed by atoms with Gasteiger partial charge in [0.05, 0.1) is 13.2 Å². The SMILES string of the molecule is CC(C)(OCCO)C(F)(F)F. The van der Waals surface area contributed by atoms with Gasteiger partial charge in [0, 0.05) is 0 Å². The van der Waals surface area contributed by atoms with E-state index < -0.39 is 18.4 Å². The van der Waals surface area contributed by atoms with Gasteiger partial charge < -0.3 is 9.84 Å². The van der Waals surface area contributed by atoms with Crippen LogP contribution in [0.2, 0.25) is 0 Å². The summed E-state index contributed by atoms with van der Waals surface area (Å²) in [4.78, 5) is 0. The molecule has 5 heteroatoms. The van der Waals surface area contributed by atoms with Crippen molar-refractivity contribution in [1.82, 2.24) is 0 Å². The van der Waals surface area contributed by atoms with Crippen molar-refractivity contribution in [2.75, 3.05) is 13.2 Å². The zero-order valence-electron chi connectivity index (χ0n) is 6.40. The van der Waals surface area contributed by atoms with Crippen molar-refractivity contribution in [2.24, 2.45) is 0 Å². The van der Waals surface area contributed by atoms with Gasteiger partial charge in [0.1, 0.15) is 0 Å². The standard InChI is InChI=1S/C6H11F3O2/c1-5(2,6(7,8)9)11-4-3-10/h10H,3-4H2,1-2H3. The highest BCUT2D eigenvalue weighted by molar-refractivity contribution is 4.77. The number of alkyl halides is 3. The van der Waals surface area contributed by atoms with E-state index in [0.29, 0.717) is 0 Å². The molecule has 0 heterocycles. The molecule has 0 aliphatic heterocycles. The first-order chi connectivity index (χ1) is 4.81. The quantitative estimate of drug-likeness (QED) is 0.696. The predicted molar refractivity (Wildman–Crippen MR) is 33.2 cm³/mol. The van der Waals surface area contributed by atoms with E-state index in [0.717, 1.165) is 13.8 Å². The number of ether oxygens (including phenoxy) is 1. The highest BCUT2D eigenvalue weighted by Gasteiger charge is 2.48. The highest BCUT2D eigenvalue weighted by atomic mass is 19.4. The van der Waals surface area contributed by atoms with Crippen LogP contribution in [0.1, 0.15) is 13.8 Å². The van der Waals surface area contributed by atoms with E-state index in [2.05, 4.69) is 4.74 Å². The Hall–Kier alpha value is -0.290. The minimum atomic E-state index is -4.39. The van der Waals surface area contributed by atoms with Gasteiger partial charge in [0.2, 0.25) is 0 Å². The molecule has 0 saturated carbocycles. The third kappa shape index (κ3) is 3.07. The van der Waals surface area contributed by atoms with Gasteiger partial charge in [-0.25, -0.2) is 0 Å². The molecule has 0 unspecified atom stereocenters. The van der Waals surface area contributed by atoms with E-state index in [1.807, 2.05) is 0 Å². The number of hydrogen-bond donors (Lipinski definition) is 1. The summed E-state index contributed by atoms with van der Waals surface area (Å²) in [5.74, 6) is 0. The van der Waals surface area contributed by atoms with E-state index in [4.69, 9.17) is 5.11 Å². The summed E-state index contributed by atoms with van der Waals surface area (Å²) in [5.41, 5.74) is -2.17. The van der Waals surface area contributed by atoms with Crippen molar-refractivity contribution in [1.29, 1.82) is 0 Å². The Morgan fingerprint density at radius 1 is 1.27 bits per heavy atom. The molecule has 0 aliphatic carbocycles. The number of hydrogen-bond acceptors (Lipinski definition) is 2. The van der Waals surface area contributed by atoms with Crippen LogP contribution in [0.5, 0.6) is 0 Å². The van der Waals surface area contributed by atoms with Crippen LogP contribution >= 0.6 is 0 Å². The van der Waals surface area contributed by atoms with Crippen LogP contribution in [0, 0.1) is 0 Å². The van der Waals surface area contributed by atoms with Gasteiger partial charge in [0.15, 0.2) is 5.60 Å². The van der Waals surface area contributed by atoms with E-state index in [9.17, 15) is 13.2 Å². The number of aliphatic hydroxyl groups is 1. The second-order valence-corrected chi connectivity index (χ2v) is 2.58. The molecule has 68 valence electrons. The Kier molecular flexibility index (Phi) is 3.31. The molecule has 0 radical (unpaired) electrons. The molecule has 2 nitrogen and oxygen atoms in total. The predicted octanol–water partition coefficient (Wildman–Crippen LogP) is 1.34. The molecule has 0 spiro atoms. The van der Waals surface area contributed by atoms with Crippen molar-refractivity contribution >= 4 is 0 Å². The van der Waals surface area contributed by atoms with Crippen LogP contribution in [0.25, 0.3) is 0 Å². The van der Waals surface area contributed by atoms with E-state index >= 15 is 0 Å². The highest BCUT2D eigenvalue weighted by Crippen LogP contribution is 2.32. The molecular weight excluding hydrogens is 161 g/mol. The average Bonchev–Trinajstić information content (AvgIpc) is 1.81. The van der Waals surface area contributed by atoms with Gasteiger partial charge >= 0.3 is 6.18 Å². The lowest BCUT2D eigenvalue weighted by atomic mass is 10.1. The van der Waals surface area contributed by atoms with Crippen LogP contribution in [0.4, 0.5) is 13.2 Å². The maximum atomic E-state index is 12.0. The smallest absolute Gasteiger partial charge is 0.394 e. The van der Waals surface area contributed by atoms with Gasteiger partial charge in [-0.05, 0) is 13.8 Å². The van der Waals surface area contributed by atoms with E-state index in [-0.39, 0.29) is 6.61 Å². The van der Waals surface area contributed by atoms with Crippen molar-refractivity contribution in [3.05, 3.63) is 0 Å². The third-order valence-corrected chi connectivity index (χ3v) is 1.24. The van der Waals surface area contributed by atoms with Crippen LogP contribution in [-0.2, 0) is 4.74 Å². The Balaban J connectivity index is 4.00. The Morgan fingerprint density at radius 3 is 2.00 bits per heavy atom. The molecule has 0 amide bonds. The minimum absolute atomic E-state index is 0.299. The maximum absolute atomic E-state index is 12.0. The van der Waals surface area contributed by atoms with Crippen molar-refractivity contribution < 1.29 is 23.0 Å². The molecule has 0 aromatic heterocycles. The second-order valence-electron chi connectivity index (χ2n) is 2.58. The Bertz CT molecular complexity index is 119. The lowest BCUT2D eigenvalue weighted by molar-refractivity contribution is -0.264. The molecule has 0 aliphatic rings. The van der Waals surface area contributed by atoms with Crippen LogP contribution < -0.4 is 0 Å². The van der Waals surface area contributed by atoms with Gasteiger partial charge in [-0.3, -0.25) is 0 Å². The molecule has 0 aromatic rings. The molecule has 1 N–H and O–H groups in total. The topological polar surface area (TPSA) is 29.5 Å². The summed E-state index contributed by atoms with van der Waals surface area (Å²) < 4.78 is 40.2. The molecule has 0 saturated heterocycles. The van der Waals surface area contributed by atoms with Crippen molar-refractivity contribution in [3.63, 3.8) is 0 Å². The van der Waals surface area contributed by atoms with Gasteiger partial charge in [-0.2, -0.15) is 13.2 Å². The fourth-order valence-corrected chi connectivity index (χ4v) is 0.383. The number of rotatable bonds is 3. The summed E-state index contributed by atoms with van der Waals surface area (Å²) in [6.45, 7) is 1.14. The average molecular weight is 172 g/mol. The fourth-order valence-electron chi connectivity index (χ4n) is 0.383. The van der Waals surface area contributed by atoms with E-state index in [1.165, 1.54) is 0 Å². The molecule has 11 heavy (non-hydrogen) atoms. The summed E-state index contributed by atoms with van der Waals surface area (Å²) in [5, 5.41) is 8.20. The zero-order valence-corrected chi connectivity index (χ0v) is 6.40. The fraction of sp³-hybridized carbons (Fsp3) is 1.00. The largest absolute Gasteiger partial charge is 0.416 e. The third-order valence-electron chi connectivity index (χ3n) is 1.24. The summed E-state index contributed by atoms with van der Waals surface area (Å²) in [6.07, 6.45) is -4.39. The summed E-state index contributed by atoms with van der Waals surface area (Å²) >= 11 is 0. The molecule has 0 rings (SSSR count). The molecule has 0 atom stereocenters. The first kappa shape index (κ1) is 10.7. The first-order valence-electron chi connectivity index (χ1n) is 3.13. The van der Waals surface area contributed by atoms with Crippen LogP contribution in [-0.4, -0.2) is 30.1 Å². The Morgan fingerprint density at radius 2 is 1.73 bits per heavy atom. The van der Waals surface area contributed by atoms with Crippen molar-refractivity contribution in [2.45, 2.75) is 25.6 Å². The number of halogens is 3. The van der Waals surface area contributed by atoms with Crippen LogP contribution in [0.15, 0.2) is 0 Å². The molecular formula is C6H11F3O2. The Labute approximate surface area is 63.0 Å². The molecule has 0 fully saturated rings. The second kappa shape index (κ2) is 3.40. The van der Waals surface area contributed by atoms with Crippen molar-refractivity contribution in [3.8, 4) is 0 Å². The van der Waals surface area contributed by atoms with Gasteiger partial charge in [0.25, 0.3) is 0 Å². The minimum Gasteiger partial charge on any atom is -0.394 e. The lowest BCUT2D eigenvalue weighted by Gasteiger charge is -2.27.